The van der Waals surface area contributed by atoms with Gasteiger partial charge in [-0.1, -0.05) is 48.5 Å². The van der Waals surface area contributed by atoms with Gasteiger partial charge in [0.25, 0.3) is 0 Å². The van der Waals surface area contributed by atoms with Crippen molar-refractivity contribution in [2.75, 3.05) is 6.54 Å². The zero-order chi connectivity index (χ0) is 14.0. The van der Waals surface area contributed by atoms with Crippen molar-refractivity contribution >= 4 is 10.9 Å². The molecule has 0 saturated carbocycles. The van der Waals surface area contributed by atoms with E-state index in [9.17, 15) is 5.11 Å². The highest BCUT2D eigenvalue weighted by Gasteiger charge is 2.31. The summed E-state index contributed by atoms with van der Waals surface area (Å²) in [6, 6.07) is 19.1. The Labute approximate surface area is 117 Å². The first-order valence-electron chi connectivity index (χ1n) is 6.58. The van der Waals surface area contributed by atoms with Crippen molar-refractivity contribution in [1.29, 1.82) is 0 Å². The normalized spacial score (nSPS) is 14.1. The summed E-state index contributed by atoms with van der Waals surface area (Å²) >= 11 is 0. The number of nitrogens with zero attached hydrogens (tertiary/aromatic N) is 1. The smallest absolute Gasteiger partial charge is 0.127 e. The van der Waals surface area contributed by atoms with E-state index in [2.05, 4.69) is 4.98 Å². The van der Waals surface area contributed by atoms with Gasteiger partial charge < -0.3 is 10.8 Å². The van der Waals surface area contributed by atoms with E-state index in [4.69, 9.17) is 5.73 Å². The molecule has 0 aliphatic rings. The van der Waals surface area contributed by atoms with Gasteiger partial charge in [0.05, 0.1) is 5.52 Å². The van der Waals surface area contributed by atoms with E-state index in [1.54, 1.807) is 6.20 Å². The van der Waals surface area contributed by atoms with E-state index < -0.39 is 5.60 Å². The molecule has 3 N–H and O–H groups in total. The third-order valence-corrected chi connectivity index (χ3v) is 3.64. The number of benzene rings is 2. The van der Waals surface area contributed by atoms with Gasteiger partial charge in [-0.15, -0.1) is 0 Å². The van der Waals surface area contributed by atoms with Gasteiger partial charge in [-0.2, -0.15) is 0 Å². The second kappa shape index (κ2) is 5.04. The Balaban J connectivity index is 2.27. The van der Waals surface area contributed by atoms with E-state index >= 15 is 0 Å². The highest BCUT2D eigenvalue weighted by Crippen LogP contribution is 2.33. The van der Waals surface area contributed by atoms with Crippen LogP contribution in [0.3, 0.4) is 0 Å². The van der Waals surface area contributed by atoms with Crippen molar-refractivity contribution < 1.29 is 5.11 Å². The van der Waals surface area contributed by atoms with Gasteiger partial charge in [0.15, 0.2) is 0 Å². The van der Waals surface area contributed by atoms with Crippen LogP contribution < -0.4 is 5.73 Å². The molecule has 3 rings (SSSR count). The largest absolute Gasteiger partial charge is 0.379 e. The van der Waals surface area contributed by atoms with Crippen LogP contribution in [0.15, 0.2) is 66.9 Å². The number of pyridine rings is 1. The summed E-state index contributed by atoms with van der Waals surface area (Å²) in [6.45, 7) is 0.116. The lowest BCUT2D eigenvalue weighted by molar-refractivity contribution is 0.0918. The Bertz CT molecular complexity index is 722. The fourth-order valence-corrected chi connectivity index (χ4v) is 2.56. The van der Waals surface area contributed by atoms with E-state index in [1.807, 2.05) is 60.7 Å². The van der Waals surface area contributed by atoms with Crippen LogP contribution in [0.25, 0.3) is 10.9 Å². The summed E-state index contributed by atoms with van der Waals surface area (Å²) in [6.07, 6.45) is 1.75. The van der Waals surface area contributed by atoms with Crippen molar-refractivity contribution in [1.82, 2.24) is 4.98 Å². The molecule has 1 aromatic heterocycles. The molecule has 0 spiro atoms. The molecule has 1 unspecified atom stereocenters. The molecule has 3 aromatic rings. The van der Waals surface area contributed by atoms with Crippen molar-refractivity contribution in [3.05, 3.63) is 78.0 Å². The van der Waals surface area contributed by atoms with E-state index in [-0.39, 0.29) is 6.54 Å². The second-order valence-corrected chi connectivity index (χ2v) is 4.81. The first-order valence-corrected chi connectivity index (χ1v) is 6.58. The number of nitrogens with two attached hydrogens (primary N) is 1. The maximum absolute atomic E-state index is 11.1. The topological polar surface area (TPSA) is 59.1 Å². The zero-order valence-electron chi connectivity index (χ0n) is 11.0. The molecule has 1 heterocycles. The number of aliphatic hydroxyl groups is 1. The summed E-state index contributed by atoms with van der Waals surface area (Å²) in [5.74, 6) is 0. The predicted molar refractivity (Wildman–Crippen MR) is 80.2 cm³/mol. The molecule has 20 heavy (non-hydrogen) atoms. The molecule has 3 nitrogen and oxygen atoms in total. The summed E-state index contributed by atoms with van der Waals surface area (Å²) < 4.78 is 0. The minimum absolute atomic E-state index is 0.116. The Morgan fingerprint density at radius 3 is 2.50 bits per heavy atom. The van der Waals surface area contributed by atoms with Gasteiger partial charge in [-0.25, -0.2) is 0 Å². The molecule has 0 amide bonds. The first-order chi connectivity index (χ1) is 9.75. The van der Waals surface area contributed by atoms with Gasteiger partial charge in [0, 0.05) is 18.1 Å². The summed E-state index contributed by atoms with van der Waals surface area (Å²) in [5.41, 5.74) is 7.12. The third kappa shape index (κ3) is 1.97. The lowest BCUT2D eigenvalue weighted by Crippen LogP contribution is -2.36. The van der Waals surface area contributed by atoms with Crippen LogP contribution in [0.2, 0.25) is 0 Å². The number of hydrogen-bond acceptors (Lipinski definition) is 3. The average Bonchev–Trinajstić information content (AvgIpc) is 2.54. The van der Waals surface area contributed by atoms with E-state index in [1.165, 1.54) is 0 Å². The summed E-state index contributed by atoms with van der Waals surface area (Å²) in [4.78, 5) is 4.33. The highest BCUT2D eigenvalue weighted by atomic mass is 16.3. The molecule has 0 bridgehead atoms. The van der Waals surface area contributed by atoms with Crippen LogP contribution in [0.1, 0.15) is 11.1 Å². The van der Waals surface area contributed by atoms with Crippen LogP contribution in [0.5, 0.6) is 0 Å². The zero-order valence-corrected chi connectivity index (χ0v) is 11.0. The molecule has 100 valence electrons. The lowest BCUT2D eigenvalue weighted by atomic mass is 9.84. The molecule has 0 aliphatic heterocycles. The molecule has 1 atom stereocenters. The fraction of sp³-hybridized carbons (Fsp3) is 0.118. The van der Waals surface area contributed by atoms with Gasteiger partial charge >= 0.3 is 0 Å². The van der Waals surface area contributed by atoms with Crippen LogP contribution in [0.4, 0.5) is 0 Å². The van der Waals surface area contributed by atoms with Crippen molar-refractivity contribution in [2.24, 2.45) is 5.73 Å². The number of rotatable bonds is 3. The van der Waals surface area contributed by atoms with Crippen LogP contribution in [0, 0.1) is 0 Å². The fourth-order valence-electron chi connectivity index (χ4n) is 2.56. The number of aromatic nitrogens is 1. The first kappa shape index (κ1) is 12.8. The Hall–Kier alpha value is -2.23. The van der Waals surface area contributed by atoms with Gasteiger partial charge in [-0.05, 0) is 23.3 Å². The van der Waals surface area contributed by atoms with Crippen molar-refractivity contribution in [3.8, 4) is 0 Å². The second-order valence-electron chi connectivity index (χ2n) is 4.81. The molecule has 0 saturated heterocycles. The molecule has 2 aromatic carbocycles. The minimum atomic E-state index is -1.20. The van der Waals surface area contributed by atoms with Crippen LogP contribution in [-0.2, 0) is 5.60 Å². The highest BCUT2D eigenvalue weighted by molar-refractivity contribution is 5.83. The van der Waals surface area contributed by atoms with Crippen molar-refractivity contribution in [2.45, 2.75) is 5.60 Å². The summed E-state index contributed by atoms with van der Waals surface area (Å²) in [7, 11) is 0. The molecule has 0 aliphatic carbocycles. The van der Waals surface area contributed by atoms with E-state index in [0.717, 1.165) is 22.0 Å². The Morgan fingerprint density at radius 2 is 1.75 bits per heavy atom. The van der Waals surface area contributed by atoms with Gasteiger partial charge in [0.1, 0.15) is 5.60 Å². The number of hydrogen-bond donors (Lipinski definition) is 2. The molecular weight excluding hydrogens is 248 g/mol. The van der Waals surface area contributed by atoms with Crippen LogP contribution in [-0.4, -0.2) is 16.6 Å². The molecule has 3 heteroatoms. The van der Waals surface area contributed by atoms with Gasteiger partial charge in [0.2, 0.25) is 0 Å². The SMILES string of the molecule is NCC(O)(c1ccccc1)c1cccc2ncccc12. The monoisotopic (exact) mass is 264 g/mol. The quantitative estimate of drug-likeness (QED) is 0.764. The lowest BCUT2D eigenvalue weighted by Gasteiger charge is -2.28. The average molecular weight is 264 g/mol. The third-order valence-electron chi connectivity index (χ3n) is 3.64. The summed E-state index contributed by atoms with van der Waals surface area (Å²) in [5, 5.41) is 12.0. The minimum Gasteiger partial charge on any atom is -0.379 e. The van der Waals surface area contributed by atoms with Crippen LogP contribution >= 0.6 is 0 Å². The Morgan fingerprint density at radius 1 is 0.950 bits per heavy atom. The predicted octanol–water partition coefficient (Wildman–Crippen LogP) is 2.43. The maximum Gasteiger partial charge on any atom is 0.127 e. The van der Waals surface area contributed by atoms with E-state index in [0.29, 0.717) is 0 Å². The number of fused-ring (bicyclic) bond motifs is 1. The maximum atomic E-state index is 11.1. The molecule has 0 fully saturated rings. The molecular formula is C17H16N2O. The Kier molecular flexibility index (Phi) is 3.22. The molecule has 0 radical (unpaired) electrons. The van der Waals surface area contributed by atoms with Crippen molar-refractivity contribution in [3.63, 3.8) is 0 Å². The van der Waals surface area contributed by atoms with Gasteiger partial charge in [-0.3, -0.25) is 4.98 Å². The standard InChI is InChI=1S/C17H16N2O/c18-12-17(20,13-6-2-1-3-7-13)15-9-4-10-16-14(15)8-5-11-19-16/h1-11,20H,12,18H2.